The van der Waals surface area contributed by atoms with Gasteiger partial charge in [-0.2, -0.15) is 0 Å². The van der Waals surface area contributed by atoms with Crippen molar-refractivity contribution in [3.8, 4) is 11.5 Å². The first kappa shape index (κ1) is 18.3. The summed E-state index contributed by atoms with van der Waals surface area (Å²) in [6, 6.07) is 17.9. The van der Waals surface area contributed by atoms with E-state index in [-0.39, 0.29) is 5.91 Å². The van der Waals surface area contributed by atoms with Crippen molar-refractivity contribution in [3.05, 3.63) is 79.8 Å². The van der Waals surface area contributed by atoms with Crippen LogP contribution in [0.5, 0.6) is 0 Å². The smallest absolute Gasteiger partial charge is 0.257 e. The lowest BCUT2D eigenvalue weighted by molar-refractivity contribution is 0.102. The molecule has 0 saturated carbocycles. The van der Waals surface area contributed by atoms with E-state index in [2.05, 4.69) is 32.9 Å². The molecule has 1 heterocycles. The Hall–Kier alpha value is -2.09. The minimum Gasteiger partial charge on any atom is -0.436 e. The van der Waals surface area contributed by atoms with Crippen LogP contribution in [0.2, 0.25) is 10.0 Å². The van der Waals surface area contributed by atoms with E-state index in [0.29, 0.717) is 43.9 Å². The predicted molar refractivity (Wildman–Crippen MR) is 117 cm³/mol. The average molecular weight is 509 g/mol. The lowest BCUT2D eigenvalue weighted by atomic mass is 10.2. The van der Waals surface area contributed by atoms with E-state index in [1.807, 2.05) is 24.3 Å². The van der Waals surface area contributed by atoms with Gasteiger partial charge in [0.05, 0.1) is 21.2 Å². The molecule has 1 N–H and O–H groups in total. The Bertz CT molecular complexity index is 1170. The van der Waals surface area contributed by atoms with Crippen molar-refractivity contribution < 1.29 is 9.21 Å². The fraction of sp³-hybridized carbons (Fsp3) is 0. The number of aromatic nitrogens is 1. The van der Waals surface area contributed by atoms with Crippen LogP contribution >= 0.6 is 45.8 Å². The van der Waals surface area contributed by atoms with Crippen LogP contribution in [-0.4, -0.2) is 10.9 Å². The molecule has 0 radical (unpaired) electrons. The van der Waals surface area contributed by atoms with Gasteiger partial charge in [0.15, 0.2) is 5.58 Å². The SMILES string of the molecule is O=C(Nc1ccc2oc(-c3ccccc3Cl)nc2c1)c1cc(I)ccc1Cl. The standard InChI is InChI=1S/C20H11Cl2IN2O2/c21-15-4-2-1-3-13(15)20-25-17-10-12(6-8-18(17)27-20)24-19(26)14-9-11(23)5-7-16(14)22/h1-10H,(H,24,26). The molecule has 7 heteroatoms. The van der Waals surface area contributed by atoms with Crippen LogP contribution in [0.4, 0.5) is 5.69 Å². The molecule has 27 heavy (non-hydrogen) atoms. The second-order valence-electron chi connectivity index (χ2n) is 5.76. The van der Waals surface area contributed by atoms with Crippen molar-refractivity contribution >= 4 is 68.5 Å². The van der Waals surface area contributed by atoms with E-state index < -0.39 is 0 Å². The van der Waals surface area contributed by atoms with Crippen molar-refractivity contribution in [2.45, 2.75) is 0 Å². The number of nitrogens with one attached hydrogen (secondary N) is 1. The Morgan fingerprint density at radius 3 is 2.63 bits per heavy atom. The Balaban J connectivity index is 1.65. The van der Waals surface area contributed by atoms with Gasteiger partial charge in [-0.1, -0.05) is 35.3 Å². The second-order valence-corrected chi connectivity index (χ2v) is 7.82. The van der Waals surface area contributed by atoms with Gasteiger partial charge in [0.2, 0.25) is 5.89 Å². The zero-order chi connectivity index (χ0) is 19.0. The Morgan fingerprint density at radius 2 is 1.81 bits per heavy atom. The number of amides is 1. The van der Waals surface area contributed by atoms with E-state index in [0.717, 1.165) is 3.57 Å². The molecule has 0 saturated heterocycles. The van der Waals surface area contributed by atoms with Crippen LogP contribution in [0.15, 0.2) is 65.1 Å². The highest BCUT2D eigenvalue weighted by Crippen LogP contribution is 2.31. The number of anilines is 1. The number of halogens is 3. The van der Waals surface area contributed by atoms with Crippen molar-refractivity contribution in [1.82, 2.24) is 4.98 Å². The van der Waals surface area contributed by atoms with Gasteiger partial charge in [0.1, 0.15) is 5.52 Å². The molecule has 0 unspecified atom stereocenters. The molecule has 0 aliphatic rings. The summed E-state index contributed by atoms with van der Waals surface area (Å²) < 4.78 is 6.71. The minimum atomic E-state index is -0.285. The second kappa shape index (κ2) is 7.50. The molecule has 0 aliphatic heterocycles. The monoisotopic (exact) mass is 508 g/mol. The molecule has 3 aromatic carbocycles. The molecule has 4 rings (SSSR count). The van der Waals surface area contributed by atoms with Crippen molar-refractivity contribution in [2.75, 3.05) is 5.32 Å². The maximum atomic E-state index is 12.5. The molecule has 0 atom stereocenters. The lowest BCUT2D eigenvalue weighted by Crippen LogP contribution is -2.12. The summed E-state index contributed by atoms with van der Waals surface area (Å²) >= 11 is 14.5. The van der Waals surface area contributed by atoms with E-state index in [1.165, 1.54) is 0 Å². The molecule has 0 fully saturated rings. The number of hydrogen-bond acceptors (Lipinski definition) is 3. The van der Waals surface area contributed by atoms with Crippen molar-refractivity contribution in [2.24, 2.45) is 0 Å². The Labute approximate surface area is 178 Å². The normalized spacial score (nSPS) is 10.9. The topological polar surface area (TPSA) is 55.1 Å². The molecule has 0 aliphatic carbocycles. The third-order valence-electron chi connectivity index (χ3n) is 3.92. The molecule has 4 nitrogen and oxygen atoms in total. The maximum Gasteiger partial charge on any atom is 0.257 e. The minimum absolute atomic E-state index is 0.285. The van der Waals surface area contributed by atoms with Gasteiger partial charge in [-0.3, -0.25) is 4.79 Å². The van der Waals surface area contributed by atoms with E-state index >= 15 is 0 Å². The number of rotatable bonds is 3. The zero-order valence-electron chi connectivity index (χ0n) is 13.7. The number of fused-ring (bicyclic) bond motifs is 1. The molecule has 0 spiro atoms. The Morgan fingerprint density at radius 1 is 1.00 bits per heavy atom. The summed E-state index contributed by atoms with van der Waals surface area (Å²) in [5.41, 5.74) is 2.96. The largest absolute Gasteiger partial charge is 0.436 e. The van der Waals surface area contributed by atoms with Crippen molar-refractivity contribution in [1.29, 1.82) is 0 Å². The van der Waals surface area contributed by atoms with Gasteiger partial charge in [0, 0.05) is 9.26 Å². The van der Waals surface area contributed by atoms with Gasteiger partial charge in [0.25, 0.3) is 5.91 Å². The van der Waals surface area contributed by atoms with Crippen molar-refractivity contribution in [3.63, 3.8) is 0 Å². The fourth-order valence-electron chi connectivity index (χ4n) is 2.62. The first-order valence-corrected chi connectivity index (χ1v) is 9.76. The van der Waals surface area contributed by atoms with E-state index in [4.69, 9.17) is 27.6 Å². The molecular formula is C20H11Cl2IN2O2. The van der Waals surface area contributed by atoms with Gasteiger partial charge in [-0.05, 0) is 71.1 Å². The number of benzene rings is 3. The zero-order valence-corrected chi connectivity index (χ0v) is 17.3. The number of carbonyl (C=O) groups excluding carboxylic acids is 1. The summed E-state index contributed by atoms with van der Waals surface area (Å²) in [6.07, 6.45) is 0. The fourth-order valence-corrected chi connectivity index (χ4v) is 3.54. The molecule has 134 valence electrons. The van der Waals surface area contributed by atoms with Gasteiger partial charge >= 0.3 is 0 Å². The molecule has 1 amide bonds. The third kappa shape index (κ3) is 3.81. The number of carbonyl (C=O) groups is 1. The molecule has 4 aromatic rings. The number of nitrogens with zero attached hydrogens (tertiary/aromatic N) is 1. The first-order chi connectivity index (χ1) is 13.0. The average Bonchev–Trinajstić information content (AvgIpc) is 3.07. The maximum absolute atomic E-state index is 12.5. The quantitative estimate of drug-likeness (QED) is 0.315. The number of hydrogen-bond donors (Lipinski definition) is 1. The summed E-state index contributed by atoms with van der Waals surface area (Å²) in [4.78, 5) is 17.0. The molecule has 1 aromatic heterocycles. The van der Waals surface area contributed by atoms with Gasteiger partial charge in [-0.15, -0.1) is 0 Å². The number of oxazole rings is 1. The highest BCUT2D eigenvalue weighted by Gasteiger charge is 2.14. The molecular weight excluding hydrogens is 498 g/mol. The molecule has 0 bridgehead atoms. The predicted octanol–water partition coefficient (Wildman–Crippen LogP) is 6.66. The van der Waals surface area contributed by atoms with Crippen LogP contribution in [0, 0.1) is 3.57 Å². The van der Waals surface area contributed by atoms with Crippen LogP contribution in [0.1, 0.15) is 10.4 Å². The van der Waals surface area contributed by atoms with Gasteiger partial charge in [-0.25, -0.2) is 4.98 Å². The summed E-state index contributed by atoms with van der Waals surface area (Å²) in [7, 11) is 0. The van der Waals surface area contributed by atoms with E-state index in [1.54, 1.807) is 36.4 Å². The highest BCUT2D eigenvalue weighted by molar-refractivity contribution is 14.1. The van der Waals surface area contributed by atoms with Crippen LogP contribution in [0.3, 0.4) is 0 Å². The van der Waals surface area contributed by atoms with Gasteiger partial charge < -0.3 is 9.73 Å². The first-order valence-electron chi connectivity index (χ1n) is 7.93. The lowest BCUT2D eigenvalue weighted by Gasteiger charge is -2.07. The Kier molecular flexibility index (Phi) is 5.08. The third-order valence-corrected chi connectivity index (χ3v) is 5.25. The summed E-state index contributed by atoms with van der Waals surface area (Å²) in [5, 5.41) is 3.80. The van der Waals surface area contributed by atoms with Crippen LogP contribution < -0.4 is 5.32 Å². The highest BCUT2D eigenvalue weighted by atomic mass is 127. The van der Waals surface area contributed by atoms with Crippen LogP contribution in [-0.2, 0) is 0 Å². The van der Waals surface area contributed by atoms with Crippen LogP contribution in [0.25, 0.3) is 22.6 Å². The van der Waals surface area contributed by atoms with E-state index in [9.17, 15) is 4.79 Å². The summed E-state index contributed by atoms with van der Waals surface area (Å²) in [6.45, 7) is 0. The summed E-state index contributed by atoms with van der Waals surface area (Å²) in [5.74, 6) is 0.146.